The highest BCUT2D eigenvalue weighted by atomic mass is 79.9. The first-order valence-corrected chi connectivity index (χ1v) is 14.5. The number of halogens is 2. The number of thioether (sulfide) groups is 1. The van der Waals surface area contributed by atoms with E-state index >= 15 is 0 Å². The van der Waals surface area contributed by atoms with E-state index in [2.05, 4.69) is 44.0 Å². The van der Waals surface area contributed by atoms with Crippen LogP contribution in [0.4, 0.5) is 0 Å². The fraction of sp³-hybridized carbons (Fsp3) is 0.462. The summed E-state index contributed by atoms with van der Waals surface area (Å²) in [5.41, 5.74) is 2.06. The molecule has 2 unspecified atom stereocenters. The lowest BCUT2D eigenvalue weighted by atomic mass is 10.0. The van der Waals surface area contributed by atoms with Crippen LogP contribution in [-0.2, 0) is 9.59 Å². The number of hydrogen-bond acceptors (Lipinski definition) is 5. The van der Waals surface area contributed by atoms with Crippen molar-refractivity contribution in [3.05, 3.63) is 59.7 Å². The molecule has 4 nitrogen and oxygen atoms in total. The Morgan fingerprint density at radius 3 is 1.48 bits per heavy atom. The number of para-hydroxylation sites is 2. The normalized spacial score (nSPS) is 12.7. The molecule has 0 spiro atoms. The number of alkyl halides is 2. The van der Waals surface area contributed by atoms with Gasteiger partial charge in [0, 0.05) is 46.1 Å². The van der Waals surface area contributed by atoms with E-state index in [-0.39, 0.29) is 22.4 Å². The Hall–Kier alpha value is -1.31. The van der Waals surface area contributed by atoms with Gasteiger partial charge in [-0.25, -0.2) is 0 Å². The van der Waals surface area contributed by atoms with E-state index in [1.54, 1.807) is 0 Å². The maximum absolute atomic E-state index is 11.7. The van der Waals surface area contributed by atoms with Gasteiger partial charge in [-0.3, -0.25) is 9.59 Å². The molecular weight excluding hydrogens is 568 g/mol. The van der Waals surface area contributed by atoms with E-state index in [4.69, 9.17) is 9.47 Å². The number of rotatable bonds is 14. The van der Waals surface area contributed by atoms with E-state index in [9.17, 15) is 9.59 Å². The third kappa shape index (κ3) is 9.83. The molecule has 0 aliphatic heterocycles. The van der Waals surface area contributed by atoms with Crippen LogP contribution in [-0.4, -0.2) is 22.6 Å². The third-order valence-electron chi connectivity index (χ3n) is 5.07. The fourth-order valence-corrected chi connectivity index (χ4v) is 6.11. The monoisotopic (exact) mass is 598 g/mol. The zero-order valence-corrected chi connectivity index (χ0v) is 23.2. The minimum atomic E-state index is -0.319. The van der Waals surface area contributed by atoms with Crippen molar-refractivity contribution in [1.82, 2.24) is 0 Å². The van der Waals surface area contributed by atoms with Crippen molar-refractivity contribution >= 4 is 55.6 Å². The summed E-state index contributed by atoms with van der Waals surface area (Å²) in [6.45, 7) is 2.87. The summed E-state index contributed by atoms with van der Waals surface area (Å²) in [4.78, 5) is 23.5. The lowest BCUT2D eigenvalue weighted by Gasteiger charge is -2.26. The number of hydrogen-bond donors (Lipinski definition) is 0. The van der Waals surface area contributed by atoms with Gasteiger partial charge in [-0.2, -0.15) is 0 Å². The maximum Gasteiger partial charge on any atom is 0.308 e. The number of ether oxygens (including phenoxy) is 2. The summed E-state index contributed by atoms with van der Waals surface area (Å²) in [5, 5.41) is 2.19. The molecule has 7 heteroatoms. The first kappa shape index (κ1) is 27.9. The summed E-state index contributed by atoms with van der Waals surface area (Å²) in [6, 6.07) is 15.6. The van der Waals surface area contributed by atoms with Crippen LogP contribution in [0.5, 0.6) is 11.5 Å². The minimum absolute atomic E-state index is 0.138. The van der Waals surface area contributed by atoms with Gasteiger partial charge in [0.25, 0.3) is 0 Å². The van der Waals surface area contributed by atoms with Crippen molar-refractivity contribution in [3.63, 3.8) is 0 Å². The Bertz CT molecular complexity index is 819. The average molecular weight is 600 g/mol. The Balaban J connectivity index is 2.41. The lowest BCUT2D eigenvalue weighted by Crippen LogP contribution is -2.09. The van der Waals surface area contributed by atoms with E-state index in [1.807, 2.05) is 48.2 Å². The van der Waals surface area contributed by atoms with Crippen molar-refractivity contribution in [3.8, 4) is 11.5 Å². The molecule has 0 radical (unpaired) electrons. The fourth-order valence-electron chi connectivity index (χ4n) is 3.63. The summed E-state index contributed by atoms with van der Waals surface area (Å²) in [7, 11) is 0. The molecule has 33 heavy (non-hydrogen) atoms. The van der Waals surface area contributed by atoms with Crippen LogP contribution in [0.25, 0.3) is 0 Å². The molecule has 0 aliphatic rings. The molecule has 0 saturated heterocycles. The highest BCUT2D eigenvalue weighted by molar-refractivity contribution is 9.09. The van der Waals surface area contributed by atoms with Gasteiger partial charge in [0.2, 0.25) is 0 Å². The number of benzene rings is 2. The SMILES string of the molecule is CC(=O)Oc1ccccc1C(CCCCBr)SC(CCCCBr)c1ccccc1OC(C)=O. The van der Waals surface area contributed by atoms with E-state index < -0.39 is 0 Å². The number of carbonyl (C=O) groups excluding carboxylic acids is 2. The van der Waals surface area contributed by atoms with Gasteiger partial charge in [0.15, 0.2) is 0 Å². The van der Waals surface area contributed by atoms with Gasteiger partial charge in [0.05, 0.1) is 0 Å². The van der Waals surface area contributed by atoms with Gasteiger partial charge in [0.1, 0.15) is 11.5 Å². The molecule has 0 aliphatic carbocycles. The smallest absolute Gasteiger partial charge is 0.308 e. The van der Waals surface area contributed by atoms with Gasteiger partial charge < -0.3 is 9.47 Å². The molecule has 0 fully saturated rings. The molecule has 180 valence electrons. The predicted molar refractivity (Wildman–Crippen MR) is 144 cm³/mol. The van der Waals surface area contributed by atoms with E-state index in [0.717, 1.165) is 60.3 Å². The largest absolute Gasteiger partial charge is 0.426 e. The van der Waals surface area contributed by atoms with Crippen molar-refractivity contribution in [1.29, 1.82) is 0 Å². The number of carbonyl (C=O) groups is 2. The Labute approximate surface area is 218 Å². The lowest BCUT2D eigenvalue weighted by molar-refractivity contribution is -0.132. The number of esters is 2. The van der Waals surface area contributed by atoms with Crippen LogP contribution in [0.15, 0.2) is 48.5 Å². The molecule has 2 rings (SSSR count). The standard InChI is InChI=1S/C26H32Br2O4S/c1-19(29)31-23-13-5-3-11-21(23)25(15-7-9-17-27)33-26(16-8-10-18-28)22-12-4-6-14-24(22)32-20(2)30/h3-6,11-14,25-26H,7-10,15-18H2,1-2H3. The van der Waals surface area contributed by atoms with Crippen LogP contribution in [0.3, 0.4) is 0 Å². The van der Waals surface area contributed by atoms with Crippen LogP contribution in [0.1, 0.15) is 74.0 Å². The molecule has 0 N–H and O–H groups in total. The molecule has 2 aromatic rings. The Kier molecular flexibility index (Phi) is 13.2. The molecule has 2 aromatic carbocycles. The van der Waals surface area contributed by atoms with Crippen LogP contribution in [0, 0.1) is 0 Å². The topological polar surface area (TPSA) is 52.6 Å². The second-order valence-corrected chi connectivity index (χ2v) is 10.7. The van der Waals surface area contributed by atoms with Crippen molar-refractivity contribution in [2.24, 2.45) is 0 Å². The zero-order chi connectivity index (χ0) is 24.1. The predicted octanol–water partition coefficient (Wildman–Crippen LogP) is 8.18. The minimum Gasteiger partial charge on any atom is -0.426 e. The van der Waals surface area contributed by atoms with Crippen LogP contribution in [0.2, 0.25) is 0 Å². The van der Waals surface area contributed by atoms with Crippen molar-refractivity contribution in [2.75, 3.05) is 10.7 Å². The van der Waals surface area contributed by atoms with Crippen LogP contribution >= 0.6 is 43.6 Å². The zero-order valence-electron chi connectivity index (χ0n) is 19.2. The second kappa shape index (κ2) is 15.6. The molecule has 0 aromatic heterocycles. The van der Waals surface area contributed by atoms with E-state index in [0.29, 0.717) is 11.5 Å². The first-order chi connectivity index (χ1) is 16.0. The van der Waals surface area contributed by atoms with Crippen LogP contribution < -0.4 is 9.47 Å². The van der Waals surface area contributed by atoms with Gasteiger partial charge in [-0.05, 0) is 37.8 Å². The van der Waals surface area contributed by atoms with Gasteiger partial charge in [-0.15, -0.1) is 11.8 Å². The molecule has 2 atom stereocenters. The second-order valence-electron chi connectivity index (χ2n) is 7.75. The van der Waals surface area contributed by atoms with Crippen molar-refractivity contribution < 1.29 is 19.1 Å². The molecule has 0 saturated carbocycles. The van der Waals surface area contributed by atoms with Crippen molar-refractivity contribution in [2.45, 2.75) is 62.9 Å². The first-order valence-electron chi connectivity index (χ1n) is 11.3. The quantitative estimate of drug-likeness (QED) is 0.0948. The van der Waals surface area contributed by atoms with E-state index in [1.165, 1.54) is 13.8 Å². The summed E-state index contributed by atoms with van der Waals surface area (Å²) >= 11 is 8.94. The highest BCUT2D eigenvalue weighted by Gasteiger charge is 2.25. The summed E-state index contributed by atoms with van der Waals surface area (Å²) in [6.07, 6.45) is 6.17. The molecule has 0 bridgehead atoms. The maximum atomic E-state index is 11.7. The molecular formula is C26H32Br2O4S. The third-order valence-corrected chi connectivity index (χ3v) is 7.83. The summed E-state index contributed by atoms with van der Waals surface area (Å²) < 4.78 is 11.1. The Morgan fingerprint density at radius 2 is 1.12 bits per heavy atom. The molecule has 0 heterocycles. The summed E-state index contributed by atoms with van der Waals surface area (Å²) in [5.74, 6) is 0.601. The van der Waals surface area contributed by atoms with Gasteiger partial charge in [-0.1, -0.05) is 81.1 Å². The Morgan fingerprint density at radius 1 is 0.727 bits per heavy atom. The molecule has 0 amide bonds. The highest BCUT2D eigenvalue weighted by Crippen LogP contribution is 2.49. The average Bonchev–Trinajstić information content (AvgIpc) is 2.78. The van der Waals surface area contributed by atoms with Gasteiger partial charge >= 0.3 is 11.9 Å². The number of unbranched alkanes of at least 4 members (excludes halogenated alkanes) is 2.